The Kier molecular flexibility index (Phi) is 8.47. The highest BCUT2D eigenvalue weighted by Gasteiger charge is 2.45. The second-order valence-electron chi connectivity index (χ2n) is 9.75. The van der Waals surface area contributed by atoms with Gasteiger partial charge in [0, 0.05) is 45.2 Å². The molecule has 4 amide bonds. The maximum atomic E-state index is 14.2. The highest BCUT2D eigenvalue weighted by Crippen LogP contribution is 2.44. The Morgan fingerprint density at radius 1 is 1.24 bits per heavy atom. The van der Waals surface area contributed by atoms with Crippen molar-refractivity contribution in [2.24, 2.45) is 0 Å². The monoisotopic (exact) mass is 542 g/mol. The average Bonchev–Trinajstić information content (AvgIpc) is 2.85. The third kappa shape index (κ3) is 5.97. The van der Waals surface area contributed by atoms with E-state index in [-0.39, 0.29) is 56.5 Å². The van der Waals surface area contributed by atoms with Crippen LogP contribution in [0.1, 0.15) is 62.9 Å². The van der Waals surface area contributed by atoms with Gasteiger partial charge in [-0.1, -0.05) is 6.92 Å². The number of likely N-dealkylation sites (tertiary alicyclic amines) is 1. The molecule has 1 fully saturated rings. The highest BCUT2D eigenvalue weighted by atomic mass is 19.4. The van der Waals surface area contributed by atoms with E-state index in [0.717, 1.165) is 17.0 Å². The molecule has 3 rings (SSSR count). The molecule has 0 aromatic heterocycles. The quantitative estimate of drug-likeness (QED) is 0.546. The maximum Gasteiger partial charge on any atom is 0.417 e. The number of piperidine rings is 1. The van der Waals surface area contributed by atoms with Crippen LogP contribution >= 0.6 is 0 Å². The minimum absolute atomic E-state index is 0.0108. The summed E-state index contributed by atoms with van der Waals surface area (Å²) in [5.74, 6) is -1.92. The number of halogens is 3. The number of carbonyl (C=O) groups excluding carboxylic acids is 3. The van der Waals surface area contributed by atoms with E-state index in [1.54, 1.807) is 13.8 Å². The van der Waals surface area contributed by atoms with Crippen molar-refractivity contribution in [2.45, 2.75) is 64.8 Å². The van der Waals surface area contributed by atoms with Crippen LogP contribution in [0.2, 0.25) is 0 Å². The van der Waals surface area contributed by atoms with E-state index in [0.29, 0.717) is 12.8 Å². The normalized spacial score (nSPS) is 18.9. The number of amides is 4. The van der Waals surface area contributed by atoms with Gasteiger partial charge in [0.05, 0.1) is 16.8 Å². The van der Waals surface area contributed by atoms with E-state index < -0.39 is 46.9 Å². The van der Waals surface area contributed by atoms with Gasteiger partial charge in [0.15, 0.2) is 5.60 Å². The van der Waals surface area contributed by atoms with Crippen molar-refractivity contribution in [1.29, 1.82) is 0 Å². The molecule has 2 N–H and O–H groups in total. The second kappa shape index (κ2) is 11.1. The number of hydrogen-bond acceptors (Lipinski definition) is 5. The fourth-order valence-corrected chi connectivity index (χ4v) is 4.78. The van der Waals surface area contributed by atoms with Crippen molar-refractivity contribution in [1.82, 2.24) is 15.1 Å². The second-order valence-corrected chi connectivity index (χ2v) is 9.75. The number of nitrogens with one attached hydrogen (secondary N) is 1. The van der Waals surface area contributed by atoms with Crippen LogP contribution in [0.4, 0.5) is 23.7 Å². The first-order valence-electron chi connectivity index (χ1n) is 12.5. The van der Waals surface area contributed by atoms with Crippen molar-refractivity contribution in [3.05, 3.63) is 23.3 Å². The summed E-state index contributed by atoms with van der Waals surface area (Å²) in [7, 11) is 0. The van der Waals surface area contributed by atoms with Gasteiger partial charge in [-0.15, -0.1) is 0 Å². The summed E-state index contributed by atoms with van der Waals surface area (Å²) in [6.45, 7) is 6.46. The Morgan fingerprint density at radius 3 is 2.50 bits per heavy atom. The number of anilines is 1. The topological polar surface area (TPSA) is 119 Å². The Hall–Kier alpha value is -3.51. The van der Waals surface area contributed by atoms with Crippen molar-refractivity contribution in [3.63, 3.8) is 0 Å². The molecule has 2 aliphatic rings. The van der Waals surface area contributed by atoms with Crippen LogP contribution in [0.3, 0.4) is 0 Å². The molecule has 0 saturated carbocycles. The molecule has 1 aromatic carbocycles. The van der Waals surface area contributed by atoms with Crippen LogP contribution in [-0.2, 0) is 15.8 Å². The smallest absolute Gasteiger partial charge is 0.417 e. The molecule has 0 radical (unpaired) electrons. The Bertz CT molecular complexity index is 1110. The molecule has 2 aliphatic heterocycles. The van der Waals surface area contributed by atoms with Crippen molar-refractivity contribution < 1.29 is 42.2 Å². The van der Waals surface area contributed by atoms with E-state index in [4.69, 9.17) is 4.74 Å². The fourth-order valence-electron chi connectivity index (χ4n) is 4.78. The molecule has 1 saturated heterocycles. The minimum Gasteiger partial charge on any atom is -0.476 e. The standard InChI is InChI=1S/C25H33F3N4O6/c1-5-20(33)29-9-11-32-18-12-16(17(25(26,27)28)13-19(18)38-24(3,4)22(32)35)21(34)31(6-2)15-8-7-10-30(14-15)23(36)37/h12-13,15H,5-11,14H2,1-4H3,(H,29,33)(H,36,37)/t15-/m1/s1. The number of fused-ring (bicyclic) bond motifs is 1. The van der Waals surface area contributed by atoms with Crippen molar-refractivity contribution >= 4 is 29.5 Å². The third-order valence-electron chi connectivity index (χ3n) is 6.74. The summed E-state index contributed by atoms with van der Waals surface area (Å²) in [5.41, 5.74) is -3.36. The van der Waals surface area contributed by atoms with Gasteiger partial charge in [0.2, 0.25) is 5.91 Å². The lowest BCUT2D eigenvalue weighted by Gasteiger charge is -2.40. The van der Waals surface area contributed by atoms with Gasteiger partial charge in [-0.25, -0.2) is 4.79 Å². The van der Waals surface area contributed by atoms with Gasteiger partial charge < -0.3 is 29.9 Å². The fraction of sp³-hybridized carbons (Fsp3) is 0.600. The molecule has 38 heavy (non-hydrogen) atoms. The zero-order valence-corrected chi connectivity index (χ0v) is 21.9. The minimum atomic E-state index is -4.91. The Labute approximate surface area is 218 Å². The lowest BCUT2D eigenvalue weighted by Crippen LogP contribution is -2.54. The van der Waals surface area contributed by atoms with Gasteiger partial charge in [-0.2, -0.15) is 13.2 Å². The summed E-state index contributed by atoms with van der Waals surface area (Å²) in [5, 5.41) is 12.0. The van der Waals surface area contributed by atoms with Crippen LogP contribution in [0.25, 0.3) is 0 Å². The third-order valence-corrected chi connectivity index (χ3v) is 6.74. The summed E-state index contributed by atoms with van der Waals surface area (Å²) in [6, 6.07) is 1.13. The summed E-state index contributed by atoms with van der Waals surface area (Å²) in [4.78, 5) is 53.5. The number of nitrogens with zero attached hydrogens (tertiary/aromatic N) is 3. The van der Waals surface area contributed by atoms with E-state index in [2.05, 4.69) is 5.32 Å². The first-order chi connectivity index (χ1) is 17.7. The molecule has 1 aromatic rings. The van der Waals surface area contributed by atoms with Gasteiger partial charge in [-0.05, 0) is 45.7 Å². The van der Waals surface area contributed by atoms with E-state index in [9.17, 15) is 37.5 Å². The van der Waals surface area contributed by atoms with E-state index >= 15 is 0 Å². The highest BCUT2D eigenvalue weighted by molar-refractivity contribution is 6.05. The predicted molar refractivity (Wildman–Crippen MR) is 131 cm³/mol. The number of carboxylic acid groups (broad SMARTS) is 1. The van der Waals surface area contributed by atoms with Crippen LogP contribution < -0.4 is 15.0 Å². The number of likely N-dealkylation sites (N-methyl/N-ethyl adjacent to an activating group) is 1. The number of alkyl halides is 3. The number of hydrogen-bond donors (Lipinski definition) is 2. The van der Waals surface area contributed by atoms with Crippen LogP contribution in [-0.4, -0.2) is 83.1 Å². The largest absolute Gasteiger partial charge is 0.476 e. The van der Waals surface area contributed by atoms with Crippen molar-refractivity contribution in [3.8, 4) is 5.75 Å². The Balaban J connectivity index is 2.06. The lowest BCUT2D eigenvalue weighted by atomic mass is 9.97. The zero-order chi connectivity index (χ0) is 28.4. The van der Waals surface area contributed by atoms with Gasteiger partial charge >= 0.3 is 12.3 Å². The number of rotatable bonds is 7. The Morgan fingerprint density at radius 2 is 1.92 bits per heavy atom. The van der Waals surface area contributed by atoms with Crippen LogP contribution in [0, 0.1) is 0 Å². The van der Waals surface area contributed by atoms with Gasteiger partial charge in [0.1, 0.15) is 5.75 Å². The number of ether oxygens (including phenoxy) is 1. The molecule has 0 spiro atoms. The van der Waals surface area contributed by atoms with Crippen LogP contribution in [0.5, 0.6) is 5.75 Å². The lowest BCUT2D eigenvalue weighted by molar-refractivity contribution is -0.138. The molecule has 1 atom stereocenters. The molecule has 13 heteroatoms. The first kappa shape index (κ1) is 29.1. The molecule has 0 aliphatic carbocycles. The SMILES string of the molecule is CCC(=O)NCCN1C(=O)C(C)(C)Oc2cc(C(F)(F)F)c(C(=O)N(CC)[C@@H]3CCCN(C(=O)O)C3)cc21. The molecule has 2 heterocycles. The molecule has 10 nitrogen and oxygen atoms in total. The van der Waals surface area contributed by atoms with E-state index in [1.165, 1.54) is 23.6 Å². The predicted octanol–water partition coefficient (Wildman–Crippen LogP) is 3.34. The number of benzene rings is 1. The first-order valence-corrected chi connectivity index (χ1v) is 12.5. The summed E-state index contributed by atoms with van der Waals surface area (Å²) < 4.78 is 48.3. The number of carbonyl (C=O) groups is 4. The van der Waals surface area contributed by atoms with Gasteiger partial charge in [-0.3, -0.25) is 14.4 Å². The maximum absolute atomic E-state index is 14.2. The average molecular weight is 543 g/mol. The molecule has 0 unspecified atom stereocenters. The molecule has 210 valence electrons. The van der Waals surface area contributed by atoms with Gasteiger partial charge in [0.25, 0.3) is 11.8 Å². The molecular formula is C25H33F3N4O6. The summed E-state index contributed by atoms with van der Waals surface area (Å²) in [6.07, 6.45) is -4.94. The van der Waals surface area contributed by atoms with Crippen molar-refractivity contribution in [2.75, 3.05) is 37.6 Å². The van der Waals surface area contributed by atoms with Crippen LogP contribution in [0.15, 0.2) is 12.1 Å². The summed E-state index contributed by atoms with van der Waals surface area (Å²) >= 11 is 0. The zero-order valence-electron chi connectivity index (χ0n) is 21.9. The molecule has 0 bridgehead atoms. The van der Waals surface area contributed by atoms with E-state index in [1.807, 2.05) is 0 Å². The molecular weight excluding hydrogens is 509 g/mol.